The molecule has 1 saturated heterocycles. The van der Waals surface area contributed by atoms with Gasteiger partial charge in [-0.05, 0) is 38.8 Å². The van der Waals surface area contributed by atoms with Crippen LogP contribution in [0.25, 0.3) is 0 Å². The molecule has 4 nitrogen and oxygen atoms in total. The normalized spacial score (nSPS) is 18.8. The third-order valence-corrected chi connectivity index (χ3v) is 4.07. The van der Waals surface area contributed by atoms with Crippen LogP contribution in [-0.4, -0.2) is 28.7 Å². The van der Waals surface area contributed by atoms with Crippen molar-refractivity contribution in [1.29, 1.82) is 0 Å². The first-order chi connectivity index (χ1) is 8.72. The number of carbonyl (C=O) groups is 1. The van der Waals surface area contributed by atoms with Gasteiger partial charge in [-0.1, -0.05) is 13.8 Å². The Balaban J connectivity index is 2.17. The van der Waals surface area contributed by atoms with E-state index >= 15 is 0 Å². The van der Waals surface area contributed by atoms with Gasteiger partial charge in [0.15, 0.2) is 5.78 Å². The second kappa shape index (κ2) is 5.65. The van der Waals surface area contributed by atoms with Gasteiger partial charge < -0.3 is 5.32 Å². The number of carbonyl (C=O) groups excluding carboxylic acids is 1. The van der Waals surface area contributed by atoms with Crippen molar-refractivity contribution in [2.45, 2.75) is 46.1 Å². The zero-order valence-corrected chi connectivity index (χ0v) is 11.4. The highest BCUT2D eigenvalue weighted by atomic mass is 16.1. The van der Waals surface area contributed by atoms with Crippen molar-refractivity contribution < 1.29 is 4.79 Å². The van der Waals surface area contributed by atoms with E-state index in [-0.39, 0.29) is 11.2 Å². The Bertz CT molecular complexity index is 405. The molecule has 1 aliphatic rings. The van der Waals surface area contributed by atoms with E-state index in [1.165, 1.54) is 0 Å². The monoisotopic (exact) mass is 249 g/mol. The Labute approximate surface area is 109 Å². The lowest BCUT2D eigenvalue weighted by atomic mass is 9.72. The molecule has 4 heteroatoms. The molecule has 0 radical (unpaired) electrons. The Hall–Kier alpha value is -1.16. The summed E-state index contributed by atoms with van der Waals surface area (Å²) in [6.07, 6.45) is 7.50. The third kappa shape index (κ3) is 2.48. The SMILES string of the molecule is CCCn1cc(C(=O)C2(CC)CCNCC2)cn1. The summed E-state index contributed by atoms with van der Waals surface area (Å²) in [6.45, 7) is 7.02. The molecule has 2 rings (SSSR count). The number of hydrogen-bond donors (Lipinski definition) is 1. The average Bonchev–Trinajstić information content (AvgIpc) is 2.87. The van der Waals surface area contributed by atoms with Gasteiger partial charge in [0.1, 0.15) is 0 Å². The quantitative estimate of drug-likeness (QED) is 0.814. The van der Waals surface area contributed by atoms with Gasteiger partial charge in [-0.3, -0.25) is 9.48 Å². The lowest BCUT2D eigenvalue weighted by Crippen LogP contribution is -2.41. The largest absolute Gasteiger partial charge is 0.317 e. The Morgan fingerprint density at radius 3 is 2.78 bits per heavy atom. The molecule has 0 atom stereocenters. The maximum absolute atomic E-state index is 12.7. The van der Waals surface area contributed by atoms with E-state index in [0.717, 1.165) is 50.9 Å². The Morgan fingerprint density at radius 2 is 2.17 bits per heavy atom. The third-order valence-electron chi connectivity index (χ3n) is 4.07. The van der Waals surface area contributed by atoms with Crippen LogP contribution < -0.4 is 5.32 Å². The highest BCUT2D eigenvalue weighted by molar-refractivity contribution is 6.00. The Morgan fingerprint density at radius 1 is 1.44 bits per heavy atom. The second-order valence-electron chi connectivity index (χ2n) is 5.21. The van der Waals surface area contributed by atoms with E-state index in [0.29, 0.717) is 0 Å². The first-order valence-electron chi connectivity index (χ1n) is 7.00. The van der Waals surface area contributed by atoms with Crippen LogP contribution in [0.1, 0.15) is 49.9 Å². The lowest BCUT2D eigenvalue weighted by Gasteiger charge is -2.35. The fourth-order valence-electron chi connectivity index (χ4n) is 2.78. The minimum atomic E-state index is -0.161. The Kier molecular flexibility index (Phi) is 4.17. The van der Waals surface area contributed by atoms with Crippen LogP contribution in [0.5, 0.6) is 0 Å². The lowest BCUT2D eigenvalue weighted by molar-refractivity contribution is 0.0717. The zero-order valence-electron chi connectivity index (χ0n) is 11.4. The van der Waals surface area contributed by atoms with Gasteiger partial charge in [0.25, 0.3) is 0 Å². The predicted molar refractivity (Wildman–Crippen MR) is 71.7 cm³/mol. The van der Waals surface area contributed by atoms with Gasteiger partial charge in [-0.25, -0.2) is 0 Å². The zero-order chi connectivity index (χ0) is 13.0. The molecule has 0 unspecified atom stereocenters. The fraction of sp³-hybridized carbons (Fsp3) is 0.714. The molecule has 1 aliphatic heterocycles. The van der Waals surface area contributed by atoms with Gasteiger partial charge in [-0.2, -0.15) is 5.10 Å². The van der Waals surface area contributed by atoms with Crippen molar-refractivity contribution in [3.8, 4) is 0 Å². The van der Waals surface area contributed by atoms with Crippen LogP contribution in [0, 0.1) is 5.41 Å². The molecule has 1 fully saturated rings. The van der Waals surface area contributed by atoms with Crippen LogP contribution in [0.15, 0.2) is 12.4 Å². The molecule has 0 spiro atoms. The molecule has 0 amide bonds. The molecule has 18 heavy (non-hydrogen) atoms. The minimum absolute atomic E-state index is 0.161. The second-order valence-corrected chi connectivity index (χ2v) is 5.21. The number of aromatic nitrogens is 2. The van der Waals surface area contributed by atoms with E-state index < -0.39 is 0 Å². The summed E-state index contributed by atoms with van der Waals surface area (Å²) in [5.74, 6) is 0.286. The average molecular weight is 249 g/mol. The first-order valence-corrected chi connectivity index (χ1v) is 7.00. The number of Topliss-reactive ketones (excluding diaryl/α,β-unsaturated/α-hetero) is 1. The van der Waals surface area contributed by atoms with Crippen LogP contribution in [0.3, 0.4) is 0 Å². The molecular weight excluding hydrogens is 226 g/mol. The number of nitrogens with one attached hydrogen (secondary N) is 1. The minimum Gasteiger partial charge on any atom is -0.317 e. The van der Waals surface area contributed by atoms with Crippen molar-refractivity contribution >= 4 is 5.78 Å². The predicted octanol–water partition coefficient (Wildman–Crippen LogP) is 2.26. The molecule has 2 heterocycles. The van der Waals surface area contributed by atoms with Crippen molar-refractivity contribution in [2.75, 3.05) is 13.1 Å². The highest BCUT2D eigenvalue weighted by Crippen LogP contribution is 2.36. The number of rotatable bonds is 5. The number of nitrogens with zero attached hydrogens (tertiary/aromatic N) is 2. The molecule has 1 aromatic rings. The molecule has 0 aliphatic carbocycles. The van der Waals surface area contributed by atoms with Gasteiger partial charge >= 0.3 is 0 Å². The number of ketones is 1. The molecule has 1 aromatic heterocycles. The maximum atomic E-state index is 12.7. The van der Waals surface area contributed by atoms with Gasteiger partial charge in [0.2, 0.25) is 0 Å². The molecule has 0 bridgehead atoms. The maximum Gasteiger partial charge on any atom is 0.172 e. The van der Waals surface area contributed by atoms with E-state index in [1.807, 2.05) is 10.9 Å². The summed E-state index contributed by atoms with van der Waals surface area (Å²) in [7, 11) is 0. The standard InChI is InChI=1S/C14H23N3O/c1-3-9-17-11-12(10-16-17)13(18)14(4-2)5-7-15-8-6-14/h10-11,15H,3-9H2,1-2H3. The van der Waals surface area contributed by atoms with Crippen LogP contribution in [0.2, 0.25) is 0 Å². The summed E-state index contributed by atoms with van der Waals surface area (Å²) < 4.78 is 1.87. The number of piperidine rings is 1. The van der Waals surface area contributed by atoms with Gasteiger partial charge in [-0.15, -0.1) is 0 Å². The first kappa shape index (κ1) is 13.3. The van der Waals surface area contributed by atoms with Crippen LogP contribution >= 0.6 is 0 Å². The summed E-state index contributed by atoms with van der Waals surface area (Å²) in [6, 6.07) is 0. The number of aryl methyl sites for hydroxylation is 1. The van der Waals surface area contributed by atoms with Gasteiger partial charge in [0.05, 0.1) is 11.8 Å². The van der Waals surface area contributed by atoms with E-state index in [9.17, 15) is 4.79 Å². The van der Waals surface area contributed by atoms with E-state index in [1.54, 1.807) is 6.20 Å². The summed E-state index contributed by atoms with van der Waals surface area (Å²) >= 11 is 0. The molecule has 1 N–H and O–H groups in total. The topological polar surface area (TPSA) is 46.9 Å². The van der Waals surface area contributed by atoms with E-state index in [2.05, 4.69) is 24.3 Å². The van der Waals surface area contributed by atoms with E-state index in [4.69, 9.17) is 0 Å². The summed E-state index contributed by atoms with van der Waals surface area (Å²) in [5, 5.41) is 7.60. The highest BCUT2D eigenvalue weighted by Gasteiger charge is 2.38. The van der Waals surface area contributed by atoms with Gasteiger partial charge in [0, 0.05) is 18.2 Å². The number of hydrogen-bond acceptors (Lipinski definition) is 3. The summed E-state index contributed by atoms with van der Waals surface area (Å²) in [5.41, 5.74) is 0.623. The van der Waals surface area contributed by atoms with Crippen LogP contribution in [0.4, 0.5) is 0 Å². The molecule has 0 aromatic carbocycles. The fourth-order valence-corrected chi connectivity index (χ4v) is 2.78. The molecule has 100 valence electrons. The van der Waals surface area contributed by atoms with Crippen LogP contribution in [-0.2, 0) is 6.54 Å². The van der Waals surface area contributed by atoms with Crippen molar-refractivity contribution in [3.05, 3.63) is 18.0 Å². The molecular formula is C14H23N3O. The molecule has 0 saturated carbocycles. The van der Waals surface area contributed by atoms with Crippen molar-refractivity contribution in [2.24, 2.45) is 5.41 Å². The smallest absolute Gasteiger partial charge is 0.172 e. The van der Waals surface area contributed by atoms with Crippen molar-refractivity contribution in [1.82, 2.24) is 15.1 Å². The summed E-state index contributed by atoms with van der Waals surface area (Å²) in [4.78, 5) is 12.7. The van der Waals surface area contributed by atoms with Crippen molar-refractivity contribution in [3.63, 3.8) is 0 Å².